The fraction of sp³-hybridized carbons (Fsp3) is 0.364. The lowest BCUT2D eigenvalue weighted by Gasteiger charge is -2.22. The molecule has 0 spiro atoms. The highest BCUT2D eigenvalue weighted by molar-refractivity contribution is 6.00. The van der Waals surface area contributed by atoms with Gasteiger partial charge >= 0.3 is 0 Å². The lowest BCUT2D eigenvalue weighted by Crippen LogP contribution is -2.38. The zero-order chi connectivity index (χ0) is 22.4. The molecule has 0 aliphatic carbocycles. The van der Waals surface area contributed by atoms with Crippen LogP contribution in [-0.2, 0) is 4.79 Å². The Bertz CT molecular complexity index is 972. The molecular formula is C22H26N4O5. The van der Waals surface area contributed by atoms with Crippen LogP contribution in [0.25, 0.3) is 0 Å². The van der Waals surface area contributed by atoms with E-state index < -0.39 is 10.8 Å². The maximum atomic E-state index is 13.0. The third-order valence-electron chi connectivity index (χ3n) is 5.22. The number of likely N-dealkylation sites (N-methyl/N-ethyl adjacent to an activating group) is 1. The van der Waals surface area contributed by atoms with E-state index in [-0.39, 0.29) is 30.2 Å². The van der Waals surface area contributed by atoms with E-state index in [0.717, 1.165) is 25.9 Å². The van der Waals surface area contributed by atoms with Crippen molar-refractivity contribution in [3.63, 3.8) is 0 Å². The van der Waals surface area contributed by atoms with E-state index in [2.05, 4.69) is 5.32 Å². The van der Waals surface area contributed by atoms with Crippen LogP contribution in [-0.4, -0.2) is 54.9 Å². The number of hydrogen-bond donors (Lipinski definition) is 1. The Morgan fingerprint density at radius 3 is 2.58 bits per heavy atom. The molecule has 9 nitrogen and oxygen atoms in total. The molecule has 3 rings (SSSR count). The second-order valence-electron chi connectivity index (χ2n) is 7.25. The molecular weight excluding hydrogens is 400 g/mol. The summed E-state index contributed by atoms with van der Waals surface area (Å²) in [6.45, 7) is 3.39. The highest BCUT2D eigenvalue weighted by Gasteiger charge is 2.25. The van der Waals surface area contributed by atoms with Gasteiger partial charge in [0.15, 0.2) is 0 Å². The fourth-order valence-corrected chi connectivity index (χ4v) is 3.61. The molecule has 2 amide bonds. The number of nitrogens with zero attached hydrogens (tertiary/aromatic N) is 3. The summed E-state index contributed by atoms with van der Waals surface area (Å²) >= 11 is 0. The lowest BCUT2D eigenvalue weighted by molar-refractivity contribution is -0.384. The normalized spacial score (nSPS) is 13.0. The average Bonchev–Trinajstić information content (AvgIpc) is 3.31. The van der Waals surface area contributed by atoms with Crippen LogP contribution in [0.5, 0.6) is 5.75 Å². The maximum absolute atomic E-state index is 13.0. The number of ether oxygens (including phenoxy) is 1. The monoisotopic (exact) mass is 426 g/mol. The summed E-state index contributed by atoms with van der Waals surface area (Å²) in [6.07, 6.45) is 1.98. The Morgan fingerprint density at radius 1 is 1.19 bits per heavy atom. The van der Waals surface area contributed by atoms with Crippen LogP contribution >= 0.6 is 0 Å². The molecule has 2 aromatic rings. The molecule has 0 aromatic heterocycles. The molecule has 1 fully saturated rings. The molecule has 0 atom stereocenters. The molecule has 1 aliphatic rings. The van der Waals surface area contributed by atoms with Crippen LogP contribution in [0.3, 0.4) is 0 Å². The van der Waals surface area contributed by atoms with Crippen molar-refractivity contribution in [2.75, 3.05) is 43.5 Å². The van der Waals surface area contributed by atoms with Gasteiger partial charge in [-0.25, -0.2) is 0 Å². The standard InChI is InChI=1S/C22H26N4O5/c1-3-24(15-21(27)23-17-7-6-8-18(14-17)31-2)22(28)16-9-10-19(20(13-16)26(29)30)25-11-4-5-12-25/h6-10,13-14H,3-5,11-12,15H2,1-2H3,(H,23,27). The number of nitro groups is 1. The van der Waals surface area contributed by atoms with E-state index in [9.17, 15) is 19.7 Å². The quantitative estimate of drug-likeness (QED) is 0.513. The molecule has 0 unspecified atom stereocenters. The van der Waals surface area contributed by atoms with Crippen molar-refractivity contribution in [3.05, 3.63) is 58.1 Å². The van der Waals surface area contributed by atoms with Crippen molar-refractivity contribution in [1.82, 2.24) is 4.90 Å². The zero-order valence-electron chi connectivity index (χ0n) is 17.7. The van der Waals surface area contributed by atoms with Gasteiger partial charge in [-0.05, 0) is 44.0 Å². The largest absolute Gasteiger partial charge is 0.497 e. The molecule has 2 aromatic carbocycles. The van der Waals surface area contributed by atoms with Crippen LogP contribution in [0.15, 0.2) is 42.5 Å². The molecule has 9 heteroatoms. The number of carbonyl (C=O) groups excluding carboxylic acids is 2. The minimum atomic E-state index is -0.462. The number of hydrogen-bond acceptors (Lipinski definition) is 6. The van der Waals surface area contributed by atoms with Crippen molar-refractivity contribution < 1.29 is 19.2 Å². The van der Waals surface area contributed by atoms with Gasteiger partial charge < -0.3 is 19.9 Å². The smallest absolute Gasteiger partial charge is 0.293 e. The Labute approximate surface area is 180 Å². The van der Waals surface area contributed by atoms with Gasteiger partial charge in [0.05, 0.1) is 12.0 Å². The van der Waals surface area contributed by atoms with Crippen molar-refractivity contribution in [3.8, 4) is 5.75 Å². The Kier molecular flexibility index (Phi) is 7.07. The summed E-state index contributed by atoms with van der Waals surface area (Å²) in [5.41, 5.74) is 1.17. The van der Waals surface area contributed by atoms with Gasteiger partial charge in [0.25, 0.3) is 11.6 Å². The van der Waals surface area contributed by atoms with E-state index >= 15 is 0 Å². The predicted molar refractivity (Wildman–Crippen MR) is 118 cm³/mol. The molecule has 0 bridgehead atoms. The number of nitro benzene ring substituents is 1. The number of amides is 2. The SMILES string of the molecule is CCN(CC(=O)Nc1cccc(OC)c1)C(=O)c1ccc(N2CCCC2)c([N+](=O)[O-])c1. The number of methoxy groups -OCH3 is 1. The first-order chi connectivity index (χ1) is 14.9. The number of carbonyl (C=O) groups is 2. The van der Waals surface area contributed by atoms with Gasteiger partial charge in [0.1, 0.15) is 18.0 Å². The molecule has 1 aliphatic heterocycles. The van der Waals surface area contributed by atoms with Crippen LogP contribution in [0.4, 0.5) is 17.1 Å². The van der Waals surface area contributed by atoms with Gasteiger partial charge in [-0.1, -0.05) is 6.07 Å². The number of rotatable bonds is 8. The number of anilines is 2. The average molecular weight is 426 g/mol. The molecule has 0 radical (unpaired) electrons. The van der Waals surface area contributed by atoms with Crippen LogP contribution in [0, 0.1) is 10.1 Å². The van der Waals surface area contributed by atoms with E-state index in [0.29, 0.717) is 17.1 Å². The molecule has 1 saturated heterocycles. The van der Waals surface area contributed by atoms with Crippen molar-refractivity contribution in [1.29, 1.82) is 0 Å². The van der Waals surface area contributed by atoms with Gasteiger partial charge in [0, 0.05) is 43.0 Å². The van der Waals surface area contributed by atoms with Crippen LogP contribution in [0.2, 0.25) is 0 Å². The first-order valence-electron chi connectivity index (χ1n) is 10.2. The van der Waals surface area contributed by atoms with Crippen LogP contribution in [0.1, 0.15) is 30.1 Å². The maximum Gasteiger partial charge on any atom is 0.293 e. The summed E-state index contributed by atoms with van der Waals surface area (Å²) in [5, 5.41) is 14.3. The van der Waals surface area contributed by atoms with E-state index in [4.69, 9.17) is 4.74 Å². The van der Waals surface area contributed by atoms with Gasteiger partial charge in [-0.15, -0.1) is 0 Å². The first-order valence-corrected chi connectivity index (χ1v) is 10.2. The summed E-state index contributed by atoms with van der Waals surface area (Å²) in [5.74, 6) is -0.197. The summed E-state index contributed by atoms with van der Waals surface area (Å²) in [7, 11) is 1.53. The minimum Gasteiger partial charge on any atom is -0.497 e. The van der Waals surface area contributed by atoms with E-state index in [1.54, 1.807) is 43.3 Å². The Balaban J connectivity index is 1.74. The zero-order valence-corrected chi connectivity index (χ0v) is 17.7. The highest BCUT2D eigenvalue weighted by Crippen LogP contribution is 2.32. The van der Waals surface area contributed by atoms with Crippen molar-refractivity contribution in [2.24, 2.45) is 0 Å². The number of benzene rings is 2. The third kappa shape index (κ3) is 5.30. The molecule has 1 heterocycles. The second-order valence-corrected chi connectivity index (χ2v) is 7.25. The van der Waals surface area contributed by atoms with Crippen molar-refractivity contribution in [2.45, 2.75) is 19.8 Å². The van der Waals surface area contributed by atoms with Crippen LogP contribution < -0.4 is 15.0 Å². The minimum absolute atomic E-state index is 0.0929. The van der Waals surface area contributed by atoms with Crippen molar-refractivity contribution >= 4 is 28.9 Å². The first kappa shape index (κ1) is 22.1. The Hall–Kier alpha value is -3.62. The molecule has 164 valence electrons. The third-order valence-corrected chi connectivity index (χ3v) is 5.22. The highest BCUT2D eigenvalue weighted by atomic mass is 16.6. The fourth-order valence-electron chi connectivity index (χ4n) is 3.61. The lowest BCUT2D eigenvalue weighted by atomic mass is 10.1. The Morgan fingerprint density at radius 2 is 1.94 bits per heavy atom. The number of nitrogens with one attached hydrogen (secondary N) is 1. The summed E-state index contributed by atoms with van der Waals surface area (Å²) in [6, 6.07) is 11.4. The van der Waals surface area contributed by atoms with Gasteiger partial charge in [-0.3, -0.25) is 19.7 Å². The summed E-state index contributed by atoms with van der Waals surface area (Å²) < 4.78 is 5.14. The van der Waals surface area contributed by atoms with Gasteiger partial charge in [0.2, 0.25) is 5.91 Å². The molecule has 31 heavy (non-hydrogen) atoms. The molecule has 0 saturated carbocycles. The topological polar surface area (TPSA) is 105 Å². The molecule has 1 N–H and O–H groups in total. The van der Waals surface area contributed by atoms with Gasteiger partial charge in [-0.2, -0.15) is 0 Å². The van der Waals surface area contributed by atoms with E-state index in [1.165, 1.54) is 18.1 Å². The second kappa shape index (κ2) is 9.92. The summed E-state index contributed by atoms with van der Waals surface area (Å²) in [4.78, 5) is 39.9. The predicted octanol–water partition coefficient (Wildman–Crippen LogP) is 3.30. The van der Waals surface area contributed by atoms with E-state index in [1.807, 2.05) is 4.90 Å².